The van der Waals surface area contributed by atoms with Crippen LogP contribution in [0.2, 0.25) is 0 Å². The molecule has 0 aromatic carbocycles. The van der Waals surface area contributed by atoms with E-state index in [1.165, 1.54) is 12.8 Å². The lowest BCUT2D eigenvalue weighted by Crippen LogP contribution is -2.50. The highest BCUT2D eigenvalue weighted by atomic mass is 15.0. The average Bonchev–Trinajstić information content (AvgIpc) is 1.85. The van der Waals surface area contributed by atoms with E-state index in [-0.39, 0.29) is 11.1 Å². The lowest BCUT2D eigenvalue weighted by atomic mass is 9.94. The van der Waals surface area contributed by atoms with Gasteiger partial charge in [-0.1, -0.05) is 27.2 Å². The Labute approximate surface area is 85.3 Å². The molecule has 0 aliphatic rings. The summed E-state index contributed by atoms with van der Waals surface area (Å²) in [6.07, 6.45) is 2.49. The molecule has 0 atom stereocenters. The van der Waals surface area contributed by atoms with E-state index >= 15 is 0 Å². The van der Waals surface area contributed by atoms with Gasteiger partial charge in [0.15, 0.2) is 0 Å². The van der Waals surface area contributed by atoms with Gasteiger partial charge in [0.2, 0.25) is 0 Å². The quantitative estimate of drug-likeness (QED) is 0.704. The van der Waals surface area contributed by atoms with Gasteiger partial charge in [-0.3, -0.25) is 0 Å². The predicted octanol–water partition coefficient (Wildman–Crippen LogP) is 3.98. The minimum absolute atomic E-state index is 0.235. The molecule has 1 N–H and O–H groups in total. The first-order chi connectivity index (χ1) is 5.77. The van der Waals surface area contributed by atoms with Gasteiger partial charge < -0.3 is 5.32 Å². The van der Waals surface area contributed by atoms with Crippen molar-refractivity contribution in [3.63, 3.8) is 0 Å². The summed E-state index contributed by atoms with van der Waals surface area (Å²) >= 11 is 0. The van der Waals surface area contributed by atoms with Gasteiger partial charge in [0, 0.05) is 11.1 Å². The highest BCUT2D eigenvalue weighted by Gasteiger charge is 2.22. The number of hydrogen-bond donors (Lipinski definition) is 1. The monoisotopic (exact) mass is 187 g/mol. The van der Waals surface area contributed by atoms with Crippen LogP contribution in [0.3, 0.4) is 0 Å². The third-order valence-electron chi connectivity index (χ3n) is 1.59. The molecule has 13 heavy (non-hydrogen) atoms. The Bertz CT molecular complexity index is 109. The van der Waals surface area contributed by atoms with Crippen LogP contribution in [0.5, 0.6) is 0 Å². The number of nitrogens with one attached hydrogen (secondary N) is 1. The molecule has 0 aliphatic carbocycles. The van der Waals surface area contributed by atoms with Gasteiger partial charge >= 0.3 is 0 Å². The molecule has 0 saturated heterocycles. The summed E-state index contributed by atoms with van der Waals surface area (Å²) in [6, 6.07) is 0. The van der Waals surface area contributed by atoms with Crippen molar-refractivity contribution in [1.29, 1.82) is 0 Å². The van der Waals surface area contributed by atoms with Crippen molar-refractivity contribution in [2.24, 2.45) is 0 Å². The largest absolute Gasteiger partial charge is 0.307 e. The van der Waals surface area contributed by atoms with Crippen LogP contribution >= 0.6 is 0 Å². The zero-order valence-electron chi connectivity index (χ0n) is 10.9. The summed E-state index contributed by atoms with van der Waals surface area (Å²) in [6.45, 7) is 17.4. The van der Waals surface area contributed by atoms with Gasteiger partial charge in [-0.05, 0) is 41.0 Å². The summed E-state index contributed by atoms with van der Waals surface area (Å²) < 4.78 is 0. The van der Waals surface area contributed by atoms with Gasteiger partial charge in [-0.2, -0.15) is 0 Å². The first-order valence-electron chi connectivity index (χ1n) is 5.56. The predicted molar refractivity (Wildman–Crippen MR) is 63.2 cm³/mol. The fourth-order valence-corrected chi connectivity index (χ4v) is 1.70. The van der Waals surface area contributed by atoms with Crippen LogP contribution < -0.4 is 5.32 Å². The molecule has 0 bridgehead atoms. The highest BCUT2D eigenvalue weighted by Crippen LogP contribution is 2.15. The molecule has 0 amide bonds. The second-order valence-electron chi connectivity index (χ2n) is 5.01. The fraction of sp³-hybridized carbons (Fsp3) is 1.00. The van der Waals surface area contributed by atoms with Crippen LogP contribution in [0.1, 0.15) is 68.2 Å². The van der Waals surface area contributed by atoms with Crippen molar-refractivity contribution < 1.29 is 0 Å². The second kappa shape index (κ2) is 6.42. The third-order valence-corrected chi connectivity index (χ3v) is 1.59. The van der Waals surface area contributed by atoms with Crippen molar-refractivity contribution in [2.75, 3.05) is 0 Å². The van der Waals surface area contributed by atoms with Crippen LogP contribution in [-0.4, -0.2) is 11.1 Å². The lowest BCUT2D eigenvalue weighted by Gasteiger charge is -2.34. The average molecular weight is 187 g/mol. The van der Waals surface area contributed by atoms with E-state index in [4.69, 9.17) is 0 Å². The summed E-state index contributed by atoms with van der Waals surface area (Å²) in [5.41, 5.74) is 0.520. The molecule has 1 nitrogen and oxygen atoms in total. The van der Waals surface area contributed by atoms with Crippen LogP contribution in [0, 0.1) is 0 Å². The van der Waals surface area contributed by atoms with E-state index in [0.29, 0.717) is 0 Å². The molecular formula is C12H29N. The zero-order valence-corrected chi connectivity index (χ0v) is 10.9. The van der Waals surface area contributed by atoms with Crippen molar-refractivity contribution in [1.82, 2.24) is 5.32 Å². The van der Waals surface area contributed by atoms with E-state index < -0.39 is 0 Å². The summed E-state index contributed by atoms with van der Waals surface area (Å²) in [5, 5.41) is 3.60. The molecule has 0 heterocycles. The summed E-state index contributed by atoms with van der Waals surface area (Å²) in [7, 11) is 0. The molecule has 1 heteroatoms. The summed E-state index contributed by atoms with van der Waals surface area (Å²) in [4.78, 5) is 0. The van der Waals surface area contributed by atoms with E-state index in [0.717, 1.165) is 0 Å². The van der Waals surface area contributed by atoms with Gasteiger partial charge in [0.25, 0.3) is 0 Å². The highest BCUT2D eigenvalue weighted by molar-refractivity contribution is 4.84. The van der Waals surface area contributed by atoms with E-state index in [9.17, 15) is 0 Å². The van der Waals surface area contributed by atoms with Crippen LogP contribution in [-0.2, 0) is 0 Å². The topological polar surface area (TPSA) is 12.0 Å². The maximum Gasteiger partial charge on any atom is 0.0129 e. The Balaban J connectivity index is 0. The molecule has 0 aromatic rings. The molecule has 0 saturated carbocycles. The second-order valence-corrected chi connectivity index (χ2v) is 5.01. The Morgan fingerprint density at radius 3 is 1.54 bits per heavy atom. The molecular weight excluding hydrogens is 158 g/mol. The molecule has 0 aromatic heterocycles. The first kappa shape index (κ1) is 15.4. The van der Waals surface area contributed by atoms with Crippen molar-refractivity contribution in [3.8, 4) is 0 Å². The zero-order chi connectivity index (χ0) is 11.1. The van der Waals surface area contributed by atoms with E-state index in [1.54, 1.807) is 0 Å². The van der Waals surface area contributed by atoms with E-state index in [2.05, 4.69) is 46.9 Å². The van der Waals surface area contributed by atoms with Crippen LogP contribution in [0.4, 0.5) is 0 Å². The van der Waals surface area contributed by atoms with Crippen LogP contribution in [0.25, 0.3) is 0 Å². The van der Waals surface area contributed by atoms with Crippen LogP contribution in [0.15, 0.2) is 0 Å². The molecule has 0 fully saturated rings. The fourth-order valence-electron chi connectivity index (χ4n) is 1.70. The molecule has 0 spiro atoms. The third kappa shape index (κ3) is 12.0. The van der Waals surface area contributed by atoms with Crippen molar-refractivity contribution in [2.45, 2.75) is 79.3 Å². The smallest absolute Gasteiger partial charge is 0.0129 e. The standard InChI is InChI=1S/C10H23N.C2H6/c1-7-8-10(5,6)11-9(2,3)4;1-2/h11H,7-8H2,1-6H3;1-2H3. The Morgan fingerprint density at radius 1 is 0.923 bits per heavy atom. The molecule has 0 aliphatic heterocycles. The summed E-state index contributed by atoms with van der Waals surface area (Å²) in [5.74, 6) is 0. The normalized spacial score (nSPS) is 12.0. The molecule has 82 valence electrons. The van der Waals surface area contributed by atoms with Gasteiger partial charge in [-0.25, -0.2) is 0 Å². The number of hydrogen-bond acceptors (Lipinski definition) is 1. The molecule has 0 rings (SSSR count). The van der Waals surface area contributed by atoms with Gasteiger partial charge in [-0.15, -0.1) is 0 Å². The Hall–Kier alpha value is -0.0400. The minimum atomic E-state index is 0.235. The molecule has 0 radical (unpaired) electrons. The maximum atomic E-state index is 3.60. The van der Waals surface area contributed by atoms with Crippen molar-refractivity contribution >= 4 is 0 Å². The lowest BCUT2D eigenvalue weighted by molar-refractivity contribution is 0.266. The number of rotatable bonds is 3. The van der Waals surface area contributed by atoms with Gasteiger partial charge in [0.1, 0.15) is 0 Å². The SMILES string of the molecule is CC.CCCC(C)(C)NC(C)(C)C. The maximum absolute atomic E-state index is 3.60. The van der Waals surface area contributed by atoms with Crippen molar-refractivity contribution in [3.05, 3.63) is 0 Å². The first-order valence-corrected chi connectivity index (χ1v) is 5.56. The molecule has 0 unspecified atom stereocenters. The van der Waals surface area contributed by atoms with Gasteiger partial charge in [0.05, 0.1) is 0 Å². The minimum Gasteiger partial charge on any atom is -0.307 e. The Kier molecular flexibility index (Phi) is 7.62. The Morgan fingerprint density at radius 2 is 1.31 bits per heavy atom. The van der Waals surface area contributed by atoms with E-state index in [1.807, 2.05) is 13.8 Å².